The molecular weight excluding hydrogens is 300 g/mol. The molecule has 0 radical (unpaired) electrons. The highest BCUT2D eigenvalue weighted by atomic mass is 32.1. The zero-order valence-corrected chi connectivity index (χ0v) is 13.8. The standard InChI is InChI=1S/C15H20N4O2S/c1-10(2)7-9-21-11(3)13(20)17-15-19-18-14(22-15)12-6-4-5-8-16-12/h4-6,8,10-11H,7,9H2,1-3H3,(H,17,19,20). The van der Waals surface area contributed by atoms with Crippen molar-refractivity contribution in [1.29, 1.82) is 0 Å². The molecule has 0 bridgehead atoms. The molecule has 0 saturated heterocycles. The number of nitrogens with zero attached hydrogens (tertiary/aromatic N) is 3. The van der Waals surface area contributed by atoms with E-state index >= 15 is 0 Å². The van der Waals surface area contributed by atoms with Crippen LogP contribution >= 0.6 is 11.3 Å². The van der Waals surface area contributed by atoms with Gasteiger partial charge in [-0.05, 0) is 31.4 Å². The van der Waals surface area contributed by atoms with E-state index in [1.54, 1.807) is 13.1 Å². The van der Waals surface area contributed by atoms with Gasteiger partial charge >= 0.3 is 0 Å². The number of pyridine rings is 1. The molecule has 0 aliphatic rings. The molecule has 6 nitrogen and oxygen atoms in total. The number of carbonyl (C=O) groups excluding carboxylic acids is 1. The van der Waals surface area contributed by atoms with Crippen molar-refractivity contribution in [2.45, 2.75) is 33.3 Å². The minimum Gasteiger partial charge on any atom is -0.369 e. The van der Waals surface area contributed by atoms with Gasteiger partial charge in [0.25, 0.3) is 5.91 Å². The van der Waals surface area contributed by atoms with Gasteiger partial charge in [-0.3, -0.25) is 15.1 Å². The van der Waals surface area contributed by atoms with E-state index in [0.29, 0.717) is 22.7 Å². The Morgan fingerprint density at radius 1 is 1.32 bits per heavy atom. The van der Waals surface area contributed by atoms with Crippen LogP contribution < -0.4 is 5.32 Å². The van der Waals surface area contributed by atoms with Crippen LogP contribution in [-0.4, -0.2) is 33.8 Å². The van der Waals surface area contributed by atoms with E-state index in [2.05, 4.69) is 34.3 Å². The van der Waals surface area contributed by atoms with Crippen LogP contribution in [0.25, 0.3) is 10.7 Å². The van der Waals surface area contributed by atoms with Crippen molar-refractivity contribution in [3.8, 4) is 10.7 Å². The van der Waals surface area contributed by atoms with E-state index in [1.807, 2.05) is 18.2 Å². The van der Waals surface area contributed by atoms with E-state index < -0.39 is 6.10 Å². The van der Waals surface area contributed by atoms with Crippen molar-refractivity contribution in [3.63, 3.8) is 0 Å². The van der Waals surface area contributed by atoms with Crippen molar-refractivity contribution < 1.29 is 9.53 Å². The second kappa shape index (κ2) is 7.95. The molecule has 0 aliphatic carbocycles. The highest BCUT2D eigenvalue weighted by Crippen LogP contribution is 2.24. The van der Waals surface area contributed by atoms with Crippen LogP contribution in [0.1, 0.15) is 27.2 Å². The SMILES string of the molecule is CC(C)CCOC(C)C(=O)Nc1nnc(-c2ccccn2)s1. The molecule has 1 atom stereocenters. The Labute approximate surface area is 134 Å². The second-order valence-electron chi connectivity index (χ2n) is 5.31. The fraction of sp³-hybridized carbons (Fsp3) is 0.467. The Balaban J connectivity index is 1.88. The summed E-state index contributed by atoms with van der Waals surface area (Å²) in [7, 11) is 0. The number of carbonyl (C=O) groups is 1. The smallest absolute Gasteiger partial charge is 0.255 e. The van der Waals surface area contributed by atoms with Gasteiger partial charge in [0.05, 0.1) is 0 Å². The number of aromatic nitrogens is 3. The maximum atomic E-state index is 12.0. The number of amides is 1. The molecule has 2 aromatic rings. The predicted octanol–water partition coefficient (Wildman–Crippen LogP) is 2.99. The zero-order valence-electron chi connectivity index (χ0n) is 12.9. The summed E-state index contributed by atoms with van der Waals surface area (Å²) in [5, 5.41) is 11.8. The van der Waals surface area contributed by atoms with Gasteiger partial charge in [0.15, 0.2) is 5.01 Å². The lowest BCUT2D eigenvalue weighted by molar-refractivity contribution is -0.126. The molecule has 0 aliphatic heterocycles. The van der Waals surface area contributed by atoms with E-state index in [4.69, 9.17) is 4.74 Å². The lowest BCUT2D eigenvalue weighted by Gasteiger charge is -2.12. The number of anilines is 1. The monoisotopic (exact) mass is 320 g/mol. The van der Waals surface area contributed by atoms with E-state index in [9.17, 15) is 4.79 Å². The first kappa shape index (κ1) is 16.5. The van der Waals surface area contributed by atoms with Gasteiger partial charge in [-0.25, -0.2) is 0 Å². The summed E-state index contributed by atoms with van der Waals surface area (Å²) in [5.74, 6) is 0.340. The molecule has 2 heterocycles. The minimum atomic E-state index is -0.513. The molecule has 0 saturated carbocycles. The predicted molar refractivity (Wildman–Crippen MR) is 86.6 cm³/mol. The normalized spacial score (nSPS) is 12.4. The number of ether oxygens (including phenoxy) is 1. The molecule has 2 aromatic heterocycles. The molecule has 1 unspecified atom stereocenters. The Kier molecular flexibility index (Phi) is 5.97. The molecule has 1 N–H and O–H groups in total. The fourth-order valence-electron chi connectivity index (χ4n) is 1.63. The Bertz CT molecular complexity index is 601. The lowest BCUT2D eigenvalue weighted by atomic mass is 10.1. The highest BCUT2D eigenvalue weighted by Gasteiger charge is 2.16. The summed E-state index contributed by atoms with van der Waals surface area (Å²) in [5.41, 5.74) is 0.738. The number of rotatable bonds is 7. The zero-order chi connectivity index (χ0) is 15.9. The van der Waals surface area contributed by atoms with Gasteiger partial charge in [-0.2, -0.15) is 0 Å². The van der Waals surface area contributed by atoms with Crippen molar-refractivity contribution in [1.82, 2.24) is 15.2 Å². The summed E-state index contributed by atoms with van der Waals surface area (Å²) in [6, 6.07) is 5.57. The van der Waals surface area contributed by atoms with Crippen molar-refractivity contribution in [2.75, 3.05) is 11.9 Å². The van der Waals surface area contributed by atoms with Gasteiger partial charge in [0.1, 0.15) is 11.8 Å². The fourth-order valence-corrected chi connectivity index (χ4v) is 2.35. The Morgan fingerprint density at radius 2 is 2.14 bits per heavy atom. The summed E-state index contributed by atoms with van der Waals surface area (Å²) < 4.78 is 5.51. The summed E-state index contributed by atoms with van der Waals surface area (Å²) in [6.45, 7) is 6.54. The van der Waals surface area contributed by atoms with E-state index in [-0.39, 0.29) is 5.91 Å². The third-order valence-corrected chi connectivity index (χ3v) is 3.83. The number of hydrogen-bond acceptors (Lipinski definition) is 6. The summed E-state index contributed by atoms with van der Waals surface area (Å²) in [6.07, 6.45) is 2.11. The van der Waals surface area contributed by atoms with Gasteiger partial charge in [0.2, 0.25) is 5.13 Å². The molecule has 118 valence electrons. The maximum Gasteiger partial charge on any atom is 0.255 e. The minimum absolute atomic E-state index is 0.215. The second-order valence-corrected chi connectivity index (χ2v) is 6.29. The van der Waals surface area contributed by atoms with E-state index in [1.165, 1.54) is 11.3 Å². The molecule has 1 amide bonds. The molecule has 2 rings (SSSR count). The first-order valence-corrected chi connectivity index (χ1v) is 8.05. The van der Waals surface area contributed by atoms with E-state index in [0.717, 1.165) is 12.1 Å². The van der Waals surface area contributed by atoms with Crippen LogP contribution in [0.15, 0.2) is 24.4 Å². The van der Waals surface area contributed by atoms with Crippen LogP contribution in [0.4, 0.5) is 5.13 Å². The largest absolute Gasteiger partial charge is 0.369 e. The lowest BCUT2D eigenvalue weighted by Crippen LogP contribution is -2.28. The molecule has 22 heavy (non-hydrogen) atoms. The Hall–Kier alpha value is -1.86. The van der Waals surface area contributed by atoms with Crippen molar-refractivity contribution in [2.24, 2.45) is 5.92 Å². The van der Waals surface area contributed by atoms with Crippen LogP contribution in [0.3, 0.4) is 0 Å². The third-order valence-electron chi connectivity index (χ3n) is 2.97. The highest BCUT2D eigenvalue weighted by molar-refractivity contribution is 7.18. The molecule has 0 fully saturated rings. The van der Waals surface area contributed by atoms with Gasteiger partial charge in [0, 0.05) is 12.8 Å². The number of nitrogens with one attached hydrogen (secondary N) is 1. The molecule has 0 spiro atoms. The van der Waals surface area contributed by atoms with Gasteiger partial charge in [-0.1, -0.05) is 31.3 Å². The summed E-state index contributed by atoms with van der Waals surface area (Å²) in [4.78, 5) is 16.2. The number of hydrogen-bond donors (Lipinski definition) is 1. The first-order chi connectivity index (χ1) is 10.6. The van der Waals surface area contributed by atoms with Crippen LogP contribution in [0.5, 0.6) is 0 Å². The van der Waals surface area contributed by atoms with Gasteiger partial charge < -0.3 is 4.74 Å². The average molecular weight is 320 g/mol. The molecule has 7 heteroatoms. The Morgan fingerprint density at radius 3 is 2.82 bits per heavy atom. The molecular formula is C15H20N4O2S. The third kappa shape index (κ3) is 4.85. The quantitative estimate of drug-likeness (QED) is 0.848. The van der Waals surface area contributed by atoms with Crippen LogP contribution in [0, 0.1) is 5.92 Å². The van der Waals surface area contributed by atoms with Crippen LogP contribution in [0.2, 0.25) is 0 Å². The topological polar surface area (TPSA) is 77.0 Å². The molecule has 0 aromatic carbocycles. The van der Waals surface area contributed by atoms with Crippen molar-refractivity contribution in [3.05, 3.63) is 24.4 Å². The summed E-state index contributed by atoms with van der Waals surface area (Å²) >= 11 is 1.29. The van der Waals surface area contributed by atoms with Gasteiger partial charge in [-0.15, -0.1) is 10.2 Å². The maximum absolute atomic E-state index is 12.0. The van der Waals surface area contributed by atoms with Crippen LogP contribution in [-0.2, 0) is 9.53 Å². The van der Waals surface area contributed by atoms with Crippen molar-refractivity contribution >= 4 is 22.4 Å². The average Bonchev–Trinajstić information content (AvgIpc) is 2.96. The first-order valence-electron chi connectivity index (χ1n) is 7.23.